The molecule has 1 aliphatic rings. The topological polar surface area (TPSA) is 159 Å². The number of benzene rings is 4. The molecule has 4 aromatic carbocycles. The summed E-state index contributed by atoms with van der Waals surface area (Å²) in [6.07, 6.45) is 28.3. The van der Waals surface area contributed by atoms with Crippen LogP contribution in [0.4, 0.5) is 0 Å². The Balaban J connectivity index is 1.41. The van der Waals surface area contributed by atoms with Crippen LogP contribution in [-0.4, -0.2) is 90.7 Å². The van der Waals surface area contributed by atoms with E-state index < -0.39 is 54.4 Å². The van der Waals surface area contributed by atoms with Crippen molar-refractivity contribution < 1.29 is 53.0 Å². The van der Waals surface area contributed by atoms with Gasteiger partial charge in [-0.3, -0.25) is 14.4 Å². The van der Waals surface area contributed by atoms with Gasteiger partial charge in [0.2, 0.25) is 5.91 Å². The maximum atomic E-state index is 14.8. The fraction of sp³-hybridized carbons (Fsp3) is 0.649. The van der Waals surface area contributed by atoms with Crippen molar-refractivity contribution in [2.45, 2.75) is 301 Å². The monoisotopic (exact) mass is 1230 g/mol. The fourth-order valence-corrected chi connectivity index (χ4v) is 12.3. The Morgan fingerprint density at radius 3 is 1.40 bits per heavy atom. The predicted octanol–water partition coefficient (Wildman–Crippen LogP) is 17.7. The SMILES string of the molecule is CCCCCCCCCCCCCC(=O)O[C@H](CCCCCCCCCCC)CC(=O)O[C@H]1[C@H](O)[C@@H](COC(c2ccccc2)(c2ccccc2)c2ccccc2)O[C@@H](OCCCO)[C@@H]1NC(=O)C[C@@H](CCCCCCCCCCC)OCc1ccccc1. The molecule has 89 heavy (non-hydrogen) atoms. The molecule has 0 radical (unpaired) electrons. The summed E-state index contributed by atoms with van der Waals surface area (Å²) >= 11 is 0. The average Bonchev–Trinajstić information content (AvgIpc) is 1.17. The van der Waals surface area contributed by atoms with E-state index in [1.54, 1.807) is 0 Å². The van der Waals surface area contributed by atoms with Gasteiger partial charge in [0.05, 0.1) is 38.8 Å². The van der Waals surface area contributed by atoms with E-state index in [9.17, 15) is 24.6 Å². The molecule has 1 amide bonds. The zero-order valence-electron chi connectivity index (χ0n) is 55.2. The number of aliphatic hydroxyl groups is 2. The number of unbranched alkanes of at least 4 members (excludes halogenated alkanes) is 26. The van der Waals surface area contributed by atoms with Crippen LogP contribution in [0.5, 0.6) is 0 Å². The number of ether oxygens (including phenoxy) is 6. The highest BCUT2D eigenvalue weighted by Gasteiger charge is 2.50. The predicted molar refractivity (Wildman–Crippen MR) is 358 cm³/mol. The third kappa shape index (κ3) is 29.5. The summed E-state index contributed by atoms with van der Waals surface area (Å²) in [4.78, 5) is 43.2. The van der Waals surface area contributed by atoms with Crippen LogP contribution in [0, 0.1) is 0 Å². The number of rotatable bonds is 52. The van der Waals surface area contributed by atoms with Crippen molar-refractivity contribution in [1.82, 2.24) is 5.32 Å². The molecule has 3 N–H and O–H groups in total. The Morgan fingerprint density at radius 1 is 0.517 bits per heavy atom. The Bertz CT molecular complexity index is 2280. The second-order valence-electron chi connectivity index (χ2n) is 25.1. The second-order valence-corrected chi connectivity index (χ2v) is 25.1. The van der Waals surface area contributed by atoms with Gasteiger partial charge in [-0.25, -0.2) is 0 Å². The molecule has 0 bridgehead atoms. The molecule has 4 aromatic rings. The van der Waals surface area contributed by atoms with Gasteiger partial charge in [-0.05, 0) is 54.4 Å². The molecule has 1 aliphatic heterocycles. The summed E-state index contributed by atoms with van der Waals surface area (Å²) < 4.78 is 39.7. The minimum atomic E-state index is -1.55. The number of nitrogens with one attached hydrogen (secondary N) is 1. The highest BCUT2D eigenvalue weighted by molar-refractivity contribution is 5.77. The summed E-state index contributed by atoms with van der Waals surface area (Å²) in [6, 6.07) is 38.4. The number of carbonyl (C=O) groups excluding carboxylic acids is 3. The lowest BCUT2D eigenvalue weighted by Crippen LogP contribution is -2.66. The van der Waals surface area contributed by atoms with E-state index in [0.29, 0.717) is 19.4 Å². The summed E-state index contributed by atoms with van der Waals surface area (Å²) in [5.41, 5.74) is 2.33. The molecule has 1 fully saturated rings. The molecular weight excluding hydrogens is 1110 g/mol. The van der Waals surface area contributed by atoms with Crippen molar-refractivity contribution in [1.29, 1.82) is 0 Å². The minimum Gasteiger partial charge on any atom is -0.462 e. The second kappa shape index (κ2) is 47.0. The van der Waals surface area contributed by atoms with Gasteiger partial charge < -0.3 is 44.0 Å². The standard InChI is InChI=1S/C77H117NO11/c1-4-7-10-13-16-19-20-23-26-29-44-56-71(81)87-68(55-43-28-25-22-18-15-12-9-6-3)60-72(82)89-75-73(78-70(80)59-67(85-61-63-46-34-30-35-47-63)54-42-27-24-21-17-14-11-8-5-2)76(84-58-45-57-79)88-69(74(75)83)62-86-77(64-48-36-31-37-49-64,65-50-38-32-39-51-65)66-52-40-33-41-53-66/h30-41,46-53,67-69,73-76,79,83H,4-29,42-45,54-62H2,1-3H3,(H,78,80)/t67-,68-,69-,73-,74-,75-,76-/m1/s1. The van der Waals surface area contributed by atoms with Crippen LogP contribution in [0.2, 0.25) is 0 Å². The summed E-state index contributed by atoms with van der Waals surface area (Å²) in [5.74, 6) is -1.40. The van der Waals surface area contributed by atoms with Crippen LogP contribution in [0.3, 0.4) is 0 Å². The maximum Gasteiger partial charge on any atom is 0.310 e. The Hall–Kier alpha value is -4.95. The number of hydrogen-bond donors (Lipinski definition) is 3. The normalized spacial score (nSPS) is 17.5. The highest BCUT2D eigenvalue weighted by atomic mass is 16.7. The fourth-order valence-electron chi connectivity index (χ4n) is 12.3. The molecule has 496 valence electrons. The maximum absolute atomic E-state index is 14.8. The van der Waals surface area contributed by atoms with Crippen molar-refractivity contribution in [2.24, 2.45) is 0 Å². The van der Waals surface area contributed by atoms with Crippen LogP contribution < -0.4 is 5.32 Å². The van der Waals surface area contributed by atoms with Gasteiger partial charge in [0, 0.05) is 13.0 Å². The van der Waals surface area contributed by atoms with E-state index in [4.69, 9.17) is 28.4 Å². The van der Waals surface area contributed by atoms with E-state index in [2.05, 4.69) is 26.1 Å². The van der Waals surface area contributed by atoms with Gasteiger partial charge in [0.15, 0.2) is 12.4 Å². The zero-order valence-corrected chi connectivity index (χ0v) is 55.2. The van der Waals surface area contributed by atoms with Gasteiger partial charge in [0.25, 0.3) is 0 Å². The van der Waals surface area contributed by atoms with Crippen LogP contribution in [0.1, 0.15) is 268 Å². The molecule has 0 spiro atoms. The van der Waals surface area contributed by atoms with Gasteiger partial charge in [-0.15, -0.1) is 0 Å². The molecule has 0 unspecified atom stereocenters. The first-order chi connectivity index (χ1) is 43.7. The molecule has 0 aliphatic carbocycles. The number of aliphatic hydroxyl groups excluding tert-OH is 2. The number of amides is 1. The first-order valence-electron chi connectivity index (χ1n) is 35.4. The third-order valence-electron chi connectivity index (χ3n) is 17.5. The minimum absolute atomic E-state index is 0.00332. The number of hydrogen-bond acceptors (Lipinski definition) is 11. The average molecular weight is 1230 g/mol. The van der Waals surface area contributed by atoms with Gasteiger partial charge >= 0.3 is 11.9 Å². The zero-order chi connectivity index (χ0) is 63.3. The van der Waals surface area contributed by atoms with Crippen molar-refractivity contribution in [3.63, 3.8) is 0 Å². The van der Waals surface area contributed by atoms with Gasteiger partial charge in [-0.1, -0.05) is 315 Å². The van der Waals surface area contributed by atoms with Crippen molar-refractivity contribution in [2.75, 3.05) is 19.8 Å². The molecule has 1 saturated heterocycles. The third-order valence-corrected chi connectivity index (χ3v) is 17.5. The molecule has 7 atom stereocenters. The molecule has 0 saturated carbocycles. The lowest BCUT2D eigenvalue weighted by molar-refractivity contribution is -0.279. The first-order valence-corrected chi connectivity index (χ1v) is 35.4. The van der Waals surface area contributed by atoms with E-state index in [-0.39, 0.29) is 57.4 Å². The quantitative estimate of drug-likeness (QED) is 0.0219. The summed E-state index contributed by atoms with van der Waals surface area (Å²) in [5, 5.41) is 26.0. The van der Waals surface area contributed by atoms with Crippen molar-refractivity contribution in [3.8, 4) is 0 Å². The van der Waals surface area contributed by atoms with Crippen LogP contribution in [-0.2, 0) is 55.0 Å². The van der Waals surface area contributed by atoms with Gasteiger partial charge in [-0.2, -0.15) is 0 Å². The smallest absolute Gasteiger partial charge is 0.310 e. The Morgan fingerprint density at radius 2 is 0.944 bits per heavy atom. The first kappa shape index (κ1) is 74.8. The lowest BCUT2D eigenvalue weighted by Gasteiger charge is -2.45. The van der Waals surface area contributed by atoms with E-state index in [1.165, 1.54) is 116 Å². The van der Waals surface area contributed by atoms with E-state index >= 15 is 0 Å². The lowest BCUT2D eigenvalue weighted by atomic mass is 9.80. The summed E-state index contributed by atoms with van der Waals surface area (Å²) in [6.45, 7) is 6.71. The van der Waals surface area contributed by atoms with Crippen molar-refractivity contribution in [3.05, 3.63) is 144 Å². The summed E-state index contributed by atoms with van der Waals surface area (Å²) in [7, 11) is 0. The molecule has 12 nitrogen and oxygen atoms in total. The Labute approximate surface area is 537 Å². The molecule has 12 heteroatoms. The molecule has 5 rings (SSSR count). The number of carbonyl (C=O) groups is 3. The molecular formula is C77H117NO11. The molecule has 1 heterocycles. The Kier molecular flexibility index (Phi) is 39.5. The highest BCUT2D eigenvalue weighted by Crippen LogP contribution is 2.41. The number of esters is 2. The van der Waals surface area contributed by atoms with Crippen molar-refractivity contribution >= 4 is 17.8 Å². The molecule has 0 aromatic heterocycles. The van der Waals surface area contributed by atoms with E-state index in [0.717, 1.165) is 92.9 Å². The van der Waals surface area contributed by atoms with Gasteiger partial charge in [0.1, 0.15) is 30.0 Å². The largest absolute Gasteiger partial charge is 0.462 e. The van der Waals surface area contributed by atoms with Crippen LogP contribution >= 0.6 is 0 Å². The van der Waals surface area contributed by atoms with E-state index in [1.807, 2.05) is 121 Å². The van der Waals surface area contributed by atoms with Crippen LogP contribution in [0.25, 0.3) is 0 Å². The van der Waals surface area contributed by atoms with Crippen LogP contribution in [0.15, 0.2) is 121 Å².